The van der Waals surface area contributed by atoms with Gasteiger partial charge in [0.05, 0.1) is 10.7 Å². The third kappa shape index (κ3) is 5.23. The Hall–Kier alpha value is -1.52. The minimum atomic E-state index is -0.218. The lowest BCUT2D eigenvalue weighted by Crippen LogP contribution is -2.32. The first-order valence-electron chi connectivity index (χ1n) is 6.05. The molecule has 0 aromatic heterocycles. The molecule has 0 heterocycles. The van der Waals surface area contributed by atoms with Crippen LogP contribution in [0.5, 0.6) is 0 Å². The summed E-state index contributed by atoms with van der Waals surface area (Å²) >= 11 is 11.7. The molecule has 0 fully saturated rings. The Morgan fingerprint density at radius 1 is 1.40 bits per heavy atom. The molecule has 0 aliphatic heterocycles. The Labute approximate surface area is 128 Å². The van der Waals surface area contributed by atoms with Crippen molar-refractivity contribution in [2.24, 2.45) is 0 Å². The van der Waals surface area contributed by atoms with Crippen LogP contribution in [-0.2, 0) is 9.59 Å². The van der Waals surface area contributed by atoms with E-state index >= 15 is 0 Å². The van der Waals surface area contributed by atoms with Crippen LogP contribution in [0.25, 0.3) is 0 Å². The van der Waals surface area contributed by atoms with Crippen LogP contribution in [0.2, 0.25) is 10.0 Å². The number of benzene rings is 1. The van der Waals surface area contributed by atoms with Crippen LogP contribution >= 0.6 is 23.2 Å². The lowest BCUT2D eigenvalue weighted by molar-refractivity contribution is -0.128. The largest absolute Gasteiger partial charge is 0.339 e. The molecule has 1 aromatic carbocycles. The van der Waals surface area contributed by atoms with Crippen molar-refractivity contribution in [3.63, 3.8) is 0 Å². The van der Waals surface area contributed by atoms with Gasteiger partial charge in [-0.25, -0.2) is 0 Å². The molecule has 0 saturated heterocycles. The van der Waals surface area contributed by atoms with Gasteiger partial charge < -0.3 is 10.2 Å². The summed E-state index contributed by atoms with van der Waals surface area (Å²) in [5.74, 6) is -0.313. The smallest absolute Gasteiger partial charge is 0.226 e. The first-order valence-corrected chi connectivity index (χ1v) is 6.81. The molecule has 2 amide bonds. The van der Waals surface area contributed by atoms with Gasteiger partial charge >= 0.3 is 0 Å². The Bertz CT molecular complexity index is 518. The zero-order chi connectivity index (χ0) is 15.1. The number of nitrogens with one attached hydrogen (secondary N) is 1. The second kappa shape index (κ2) is 7.92. The lowest BCUT2D eigenvalue weighted by Gasteiger charge is -2.18. The van der Waals surface area contributed by atoms with Gasteiger partial charge in [0.25, 0.3) is 0 Å². The van der Waals surface area contributed by atoms with Gasteiger partial charge in [-0.15, -0.1) is 6.58 Å². The Balaban J connectivity index is 2.55. The fourth-order valence-corrected chi connectivity index (χ4v) is 2.03. The van der Waals surface area contributed by atoms with Gasteiger partial charge in [-0.2, -0.15) is 0 Å². The number of amides is 2. The highest BCUT2D eigenvalue weighted by Gasteiger charge is 2.11. The molecule has 0 bridgehead atoms. The minimum absolute atomic E-state index is 0.0952. The minimum Gasteiger partial charge on any atom is -0.339 e. The van der Waals surface area contributed by atoms with E-state index in [4.69, 9.17) is 23.2 Å². The molecule has 0 saturated carbocycles. The summed E-state index contributed by atoms with van der Waals surface area (Å²) in [4.78, 5) is 24.7. The molecule has 0 radical (unpaired) electrons. The SMILES string of the molecule is C=CCN(CCC(=O)Nc1ccc(Cl)cc1Cl)C(C)=O. The van der Waals surface area contributed by atoms with E-state index in [1.807, 2.05) is 0 Å². The normalized spacial score (nSPS) is 9.95. The number of anilines is 1. The highest BCUT2D eigenvalue weighted by molar-refractivity contribution is 6.36. The molecule has 20 heavy (non-hydrogen) atoms. The molecular formula is C14H16Cl2N2O2. The van der Waals surface area contributed by atoms with Gasteiger partial charge in [0.15, 0.2) is 0 Å². The van der Waals surface area contributed by atoms with E-state index < -0.39 is 0 Å². The van der Waals surface area contributed by atoms with E-state index in [2.05, 4.69) is 11.9 Å². The highest BCUT2D eigenvalue weighted by Crippen LogP contribution is 2.25. The molecular weight excluding hydrogens is 299 g/mol. The summed E-state index contributed by atoms with van der Waals surface area (Å²) in [5.41, 5.74) is 0.499. The standard InChI is InChI=1S/C14H16Cl2N2O2/c1-3-7-18(10(2)19)8-6-14(20)17-13-5-4-11(15)9-12(13)16/h3-5,9H,1,6-8H2,2H3,(H,17,20). The van der Waals surface area contributed by atoms with Crippen LogP contribution in [0.1, 0.15) is 13.3 Å². The second-order valence-electron chi connectivity index (χ2n) is 4.18. The van der Waals surface area contributed by atoms with Crippen molar-refractivity contribution in [2.75, 3.05) is 18.4 Å². The van der Waals surface area contributed by atoms with E-state index in [1.165, 1.54) is 11.8 Å². The number of carbonyl (C=O) groups is 2. The first-order chi connectivity index (χ1) is 9.43. The van der Waals surface area contributed by atoms with E-state index in [1.54, 1.807) is 24.3 Å². The van der Waals surface area contributed by atoms with Gasteiger partial charge in [0, 0.05) is 31.5 Å². The number of rotatable bonds is 6. The summed E-state index contributed by atoms with van der Waals surface area (Å²) < 4.78 is 0. The number of halogens is 2. The van der Waals surface area contributed by atoms with Gasteiger partial charge in [-0.3, -0.25) is 9.59 Å². The molecule has 0 aliphatic rings. The molecule has 0 unspecified atom stereocenters. The molecule has 1 rings (SSSR count). The average Bonchev–Trinajstić information content (AvgIpc) is 2.37. The molecule has 0 spiro atoms. The third-order valence-electron chi connectivity index (χ3n) is 2.61. The molecule has 1 N–H and O–H groups in total. The fraction of sp³-hybridized carbons (Fsp3) is 0.286. The molecule has 1 aromatic rings. The van der Waals surface area contributed by atoms with E-state index in [-0.39, 0.29) is 18.2 Å². The Kier molecular flexibility index (Phi) is 6.55. The topological polar surface area (TPSA) is 49.4 Å². The maximum Gasteiger partial charge on any atom is 0.226 e. The first kappa shape index (κ1) is 16.5. The van der Waals surface area contributed by atoms with Gasteiger partial charge in [0.1, 0.15) is 0 Å². The van der Waals surface area contributed by atoms with E-state index in [9.17, 15) is 9.59 Å². The van der Waals surface area contributed by atoms with Crippen molar-refractivity contribution in [1.82, 2.24) is 4.90 Å². The second-order valence-corrected chi connectivity index (χ2v) is 5.02. The predicted molar refractivity (Wildman–Crippen MR) is 82.2 cm³/mol. The van der Waals surface area contributed by atoms with E-state index in [0.29, 0.717) is 28.8 Å². The fourth-order valence-electron chi connectivity index (χ4n) is 1.57. The summed E-state index contributed by atoms with van der Waals surface area (Å²) in [6, 6.07) is 4.83. The molecule has 0 aliphatic carbocycles. The molecule has 0 atom stereocenters. The molecule has 108 valence electrons. The number of nitrogens with zero attached hydrogens (tertiary/aromatic N) is 1. The lowest BCUT2D eigenvalue weighted by atomic mass is 10.3. The summed E-state index contributed by atoms with van der Waals surface area (Å²) in [7, 11) is 0. The number of hydrogen-bond acceptors (Lipinski definition) is 2. The molecule has 4 nitrogen and oxygen atoms in total. The summed E-state index contributed by atoms with van der Waals surface area (Å²) in [6.07, 6.45) is 1.81. The Morgan fingerprint density at radius 2 is 2.10 bits per heavy atom. The van der Waals surface area contributed by atoms with Gasteiger partial charge in [-0.05, 0) is 18.2 Å². The third-order valence-corrected chi connectivity index (χ3v) is 3.16. The van der Waals surface area contributed by atoms with Crippen molar-refractivity contribution in [3.8, 4) is 0 Å². The summed E-state index contributed by atoms with van der Waals surface area (Å²) in [5, 5.41) is 3.56. The monoisotopic (exact) mass is 314 g/mol. The highest BCUT2D eigenvalue weighted by atomic mass is 35.5. The van der Waals surface area contributed by atoms with Gasteiger partial charge in [-0.1, -0.05) is 29.3 Å². The van der Waals surface area contributed by atoms with Crippen molar-refractivity contribution in [2.45, 2.75) is 13.3 Å². The average molecular weight is 315 g/mol. The van der Waals surface area contributed by atoms with Crippen LogP contribution in [0.15, 0.2) is 30.9 Å². The van der Waals surface area contributed by atoms with Crippen molar-refractivity contribution >= 4 is 40.7 Å². The van der Waals surface area contributed by atoms with Crippen LogP contribution in [0.4, 0.5) is 5.69 Å². The maximum absolute atomic E-state index is 11.8. The summed E-state index contributed by atoms with van der Waals surface area (Å²) in [6.45, 7) is 5.78. The van der Waals surface area contributed by atoms with Crippen molar-refractivity contribution in [1.29, 1.82) is 0 Å². The van der Waals surface area contributed by atoms with Crippen LogP contribution < -0.4 is 5.32 Å². The van der Waals surface area contributed by atoms with Crippen LogP contribution in [0, 0.1) is 0 Å². The number of hydrogen-bond donors (Lipinski definition) is 1. The maximum atomic E-state index is 11.8. The van der Waals surface area contributed by atoms with Crippen LogP contribution in [0.3, 0.4) is 0 Å². The van der Waals surface area contributed by atoms with Crippen molar-refractivity contribution in [3.05, 3.63) is 40.9 Å². The zero-order valence-electron chi connectivity index (χ0n) is 11.2. The van der Waals surface area contributed by atoms with Crippen molar-refractivity contribution < 1.29 is 9.59 Å². The Morgan fingerprint density at radius 3 is 2.65 bits per heavy atom. The predicted octanol–water partition coefficient (Wildman–Crippen LogP) is 3.36. The van der Waals surface area contributed by atoms with E-state index in [0.717, 1.165) is 0 Å². The molecule has 6 heteroatoms. The van der Waals surface area contributed by atoms with Gasteiger partial charge in [0.2, 0.25) is 11.8 Å². The quantitative estimate of drug-likeness (QED) is 0.818. The number of carbonyl (C=O) groups excluding carboxylic acids is 2. The zero-order valence-corrected chi connectivity index (χ0v) is 12.7. The van der Waals surface area contributed by atoms with Crippen LogP contribution in [-0.4, -0.2) is 29.8 Å².